The molecular formula is C12H14ClN3O. The number of nitrogens with one attached hydrogen (secondary N) is 1. The van der Waals surface area contributed by atoms with Crippen molar-refractivity contribution in [2.45, 2.75) is 26.3 Å². The molecule has 2 rings (SSSR count). The highest BCUT2D eigenvalue weighted by Crippen LogP contribution is 2.21. The normalized spacial score (nSPS) is 10.5. The van der Waals surface area contributed by atoms with E-state index >= 15 is 0 Å². The molecule has 1 N–H and O–H groups in total. The molecule has 0 aromatic carbocycles. The average Bonchev–Trinajstić information content (AvgIpc) is 2.83. The van der Waals surface area contributed by atoms with Gasteiger partial charge >= 0.3 is 0 Å². The van der Waals surface area contributed by atoms with Crippen LogP contribution in [0.15, 0.2) is 29.1 Å². The minimum atomic E-state index is 0.517. The lowest BCUT2D eigenvalue weighted by Gasteiger charge is -2.09. The molecule has 0 aliphatic carbocycles. The Hall–Kier alpha value is -1.55. The van der Waals surface area contributed by atoms with Crippen molar-refractivity contribution in [2.75, 3.05) is 5.32 Å². The Morgan fingerprint density at radius 3 is 3.00 bits per heavy atom. The van der Waals surface area contributed by atoms with E-state index in [9.17, 15) is 0 Å². The molecule has 17 heavy (non-hydrogen) atoms. The van der Waals surface area contributed by atoms with Gasteiger partial charge in [0.1, 0.15) is 23.1 Å². The molecule has 0 aliphatic heterocycles. The molecule has 2 aromatic rings. The summed E-state index contributed by atoms with van der Waals surface area (Å²) in [5.74, 6) is 1.64. The van der Waals surface area contributed by atoms with Crippen LogP contribution in [0.2, 0.25) is 5.15 Å². The van der Waals surface area contributed by atoms with Gasteiger partial charge in [-0.2, -0.15) is 0 Å². The highest BCUT2D eigenvalue weighted by molar-refractivity contribution is 6.30. The number of halogens is 1. The van der Waals surface area contributed by atoms with Crippen LogP contribution in [-0.4, -0.2) is 9.97 Å². The second-order valence-corrected chi connectivity index (χ2v) is 4.03. The van der Waals surface area contributed by atoms with Crippen molar-refractivity contribution in [2.24, 2.45) is 0 Å². The summed E-state index contributed by atoms with van der Waals surface area (Å²) in [5, 5.41) is 3.73. The lowest BCUT2D eigenvalue weighted by Crippen LogP contribution is -2.05. The molecule has 2 heterocycles. The lowest BCUT2D eigenvalue weighted by atomic mass is 10.2. The van der Waals surface area contributed by atoms with Crippen molar-refractivity contribution in [3.8, 4) is 0 Å². The van der Waals surface area contributed by atoms with Crippen molar-refractivity contribution < 1.29 is 4.42 Å². The molecule has 5 heteroatoms. The van der Waals surface area contributed by atoms with E-state index < -0.39 is 0 Å². The van der Waals surface area contributed by atoms with Crippen molar-refractivity contribution in [3.05, 3.63) is 41.2 Å². The zero-order chi connectivity index (χ0) is 12.1. The monoisotopic (exact) mass is 251 g/mol. The minimum absolute atomic E-state index is 0.517. The van der Waals surface area contributed by atoms with Crippen LogP contribution in [0.3, 0.4) is 0 Å². The van der Waals surface area contributed by atoms with Gasteiger partial charge in [0.2, 0.25) is 0 Å². The van der Waals surface area contributed by atoms with Crippen molar-refractivity contribution in [1.82, 2.24) is 9.97 Å². The van der Waals surface area contributed by atoms with Crippen LogP contribution < -0.4 is 5.32 Å². The van der Waals surface area contributed by atoms with E-state index in [1.807, 2.05) is 12.1 Å². The molecule has 0 bridgehead atoms. The van der Waals surface area contributed by atoms with Crippen LogP contribution in [0.1, 0.15) is 24.7 Å². The first-order chi connectivity index (χ1) is 8.31. The third kappa shape index (κ3) is 2.97. The SMILES string of the molecule is CCCc1c(Cl)ncnc1NCc1ccco1. The molecule has 0 spiro atoms. The number of hydrogen-bond acceptors (Lipinski definition) is 4. The number of furan rings is 1. The molecule has 4 nitrogen and oxygen atoms in total. The first-order valence-corrected chi connectivity index (χ1v) is 5.94. The summed E-state index contributed by atoms with van der Waals surface area (Å²) in [5.41, 5.74) is 0.961. The molecule has 0 saturated carbocycles. The van der Waals surface area contributed by atoms with E-state index in [0.717, 1.165) is 30.0 Å². The Kier molecular flexibility index (Phi) is 3.98. The quantitative estimate of drug-likeness (QED) is 0.829. The first kappa shape index (κ1) is 11.9. The zero-order valence-electron chi connectivity index (χ0n) is 9.61. The molecule has 0 aliphatic rings. The third-order valence-corrected chi connectivity index (χ3v) is 2.73. The maximum Gasteiger partial charge on any atom is 0.137 e. The predicted molar refractivity (Wildman–Crippen MR) is 67.1 cm³/mol. The Balaban J connectivity index is 2.11. The molecule has 2 aromatic heterocycles. The van der Waals surface area contributed by atoms with Crippen molar-refractivity contribution >= 4 is 17.4 Å². The Morgan fingerprint density at radius 2 is 2.29 bits per heavy atom. The van der Waals surface area contributed by atoms with Crippen LogP contribution in [0.25, 0.3) is 0 Å². The number of aromatic nitrogens is 2. The summed E-state index contributed by atoms with van der Waals surface area (Å²) < 4.78 is 5.25. The van der Waals surface area contributed by atoms with Gasteiger partial charge in [0.25, 0.3) is 0 Å². The maximum atomic E-state index is 6.05. The van der Waals surface area contributed by atoms with Gasteiger partial charge in [0.15, 0.2) is 0 Å². The number of anilines is 1. The zero-order valence-corrected chi connectivity index (χ0v) is 10.4. The lowest BCUT2D eigenvalue weighted by molar-refractivity contribution is 0.517. The van der Waals surface area contributed by atoms with Crippen LogP contribution in [0.4, 0.5) is 5.82 Å². The van der Waals surface area contributed by atoms with Crippen LogP contribution in [0.5, 0.6) is 0 Å². The van der Waals surface area contributed by atoms with Gasteiger partial charge in [0.05, 0.1) is 12.8 Å². The van der Waals surface area contributed by atoms with Crippen molar-refractivity contribution in [3.63, 3.8) is 0 Å². The molecule has 90 valence electrons. The van der Waals surface area contributed by atoms with Gasteiger partial charge in [-0.05, 0) is 18.6 Å². The predicted octanol–water partition coefficient (Wildman–Crippen LogP) is 3.29. The fourth-order valence-corrected chi connectivity index (χ4v) is 1.83. The standard InChI is InChI=1S/C12H14ClN3O/c1-2-4-10-11(13)15-8-16-12(10)14-7-9-5-3-6-17-9/h3,5-6,8H,2,4,7H2,1H3,(H,14,15,16). The van der Waals surface area contributed by atoms with E-state index in [1.54, 1.807) is 6.26 Å². The smallest absolute Gasteiger partial charge is 0.137 e. The van der Waals surface area contributed by atoms with E-state index in [1.165, 1.54) is 6.33 Å². The molecule has 0 saturated heterocycles. The fourth-order valence-electron chi connectivity index (χ4n) is 1.60. The molecule has 0 fully saturated rings. The number of nitrogens with zero attached hydrogens (tertiary/aromatic N) is 2. The van der Waals surface area contributed by atoms with E-state index in [0.29, 0.717) is 11.7 Å². The highest BCUT2D eigenvalue weighted by Gasteiger charge is 2.09. The summed E-state index contributed by atoms with van der Waals surface area (Å²) in [6.45, 7) is 2.69. The van der Waals surface area contributed by atoms with E-state index in [2.05, 4.69) is 22.2 Å². The van der Waals surface area contributed by atoms with E-state index in [-0.39, 0.29) is 0 Å². The summed E-state index contributed by atoms with van der Waals surface area (Å²) in [4.78, 5) is 8.20. The Bertz CT molecular complexity index is 471. The number of rotatable bonds is 5. The molecule has 0 atom stereocenters. The van der Waals surface area contributed by atoms with Gasteiger partial charge < -0.3 is 9.73 Å². The first-order valence-electron chi connectivity index (χ1n) is 5.57. The molecule has 0 amide bonds. The Morgan fingerprint density at radius 1 is 1.41 bits per heavy atom. The van der Waals surface area contributed by atoms with Gasteiger partial charge in [0, 0.05) is 5.56 Å². The maximum absolute atomic E-state index is 6.05. The second kappa shape index (κ2) is 5.68. The second-order valence-electron chi connectivity index (χ2n) is 3.67. The highest BCUT2D eigenvalue weighted by atomic mass is 35.5. The van der Waals surface area contributed by atoms with E-state index in [4.69, 9.17) is 16.0 Å². The summed E-state index contributed by atoms with van der Waals surface area (Å²) in [6, 6.07) is 3.77. The Labute approximate surface area is 105 Å². The van der Waals surface area contributed by atoms with Crippen LogP contribution in [0, 0.1) is 0 Å². The third-order valence-electron chi connectivity index (χ3n) is 2.40. The molecular weight excluding hydrogens is 238 g/mol. The van der Waals surface area contributed by atoms with Crippen LogP contribution >= 0.6 is 11.6 Å². The summed E-state index contributed by atoms with van der Waals surface area (Å²) >= 11 is 6.05. The van der Waals surface area contributed by atoms with Gasteiger partial charge in [-0.15, -0.1) is 0 Å². The largest absolute Gasteiger partial charge is 0.467 e. The van der Waals surface area contributed by atoms with Crippen LogP contribution in [-0.2, 0) is 13.0 Å². The van der Waals surface area contributed by atoms with Gasteiger partial charge in [-0.25, -0.2) is 9.97 Å². The molecule has 0 unspecified atom stereocenters. The minimum Gasteiger partial charge on any atom is -0.467 e. The summed E-state index contributed by atoms with van der Waals surface area (Å²) in [7, 11) is 0. The fraction of sp³-hybridized carbons (Fsp3) is 0.333. The topological polar surface area (TPSA) is 51.0 Å². The summed E-state index contributed by atoms with van der Waals surface area (Å²) in [6.07, 6.45) is 4.98. The van der Waals surface area contributed by atoms with Gasteiger partial charge in [-0.3, -0.25) is 0 Å². The average molecular weight is 252 g/mol. The molecule has 0 radical (unpaired) electrons. The number of hydrogen-bond donors (Lipinski definition) is 1. The van der Waals surface area contributed by atoms with Gasteiger partial charge in [-0.1, -0.05) is 24.9 Å². The van der Waals surface area contributed by atoms with Crippen molar-refractivity contribution in [1.29, 1.82) is 0 Å².